The van der Waals surface area contributed by atoms with Crippen molar-refractivity contribution in [2.75, 3.05) is 24.9 Å². The number of carbonyl (C=O) groups excluding carboxylic acids is 1. The van der Waals surface area contributed by atoms with Crippen molar-refractivity contribution in [2.45, 2.75) is 6.54 Å². The van der Waals surface area contributed by atoms with Gasteiger partial charge in [0.25, 0.3) is 5.91 Å². The number of hydrogen-bond donors (Lipinski definition) is 3. The van der Waals surface area contributed by atoms with Gasteiger partial charge in [0.2, 0.25) is 0 Å². The molecule has 1 amide bonds. The fraction of sp³-hybridized carbons (Fsp3) is 0.111. The lowest BCUT2D eigenvalue weighted by Crippen LogP contribution is -2.12. The lowest BCUT2D eigenvalue weighted by atomic mass is 10.1. The van der Waals surface area contributed by atoms with Crippen molar-refractivity contribution >= 4 is 28.4 Å². The van der Waals surface area contributed by atoms with Gasteiger partial charge in [-0.1, -0.05) is 18.2 Å². The van der Waals surface area contributed by atoms with Crippen LogP contribution >= 0.6 is 0 Å². The van der Waals surface area contributed by atoms with E-state index >= 15 is 0 Å². The van der Waals surface area contributed by atoms with Gasteiger partial charge in [-0.15, -0.1) is 0 Å². The van der Waals surface area contributed by atoms with Gasteiger partial charge in [0.1, 0.15) is 28.8 Å². The number of carbonyl (C=O) groups is 1. The van der Waals surface area contributed by atoms with E-state index in [0.717, 1.165) is 39.2 Å². The van der Waals surface area contributed by atoms with Crippen molar-refractivity contribution in [3.05, 3.63) is 90.3 Å². The second-order valence-corrected chi connectivity index (χ2v) is 7.93. The molecule has 0 atom stereocenters. The molecule has 0 spiro atoms. The zero-order valence-corrected chi connectivity index (χ0v) is 19.8. The summed E-state index contributed by atoms with van der Waals surface area (Å²) in [6.45, 7) is 0.497. The molecule has 0 radical (unpaired) electrons. The molecule has 3 N–H and O–H groups in total. The molecular weight excluding hydrogens is 456 g/mol. The molecule has 0 fully saturated rings. The Kier molecular flexibility index (Phi) is 6.44. The first-order valence-electron chi connectivity index (χ1n) is 11.3. The fourth-order valence-electron chi connectivity index (χ4n) is 3.89. The van der Waals surface area contributed by atoms with Crippen LogP contribution in [-0.2, 0) is 6.54 Å². The highest BCUT2D eigenvalue weighted by atomic mass is 16.5. The zero-order chi connectivity index (χ0) is 24.9. The number of nitrogens with one attached hydrogen (secondary N) is 3. The van der Waals surface area contributed by atoms with Gasteiger partial charge in [0, 0.05) is 41.7 Å². The molecule has 0 aliphatic rings. The van der Waals surface area contributed by atoms with E-state index in [1.807, 2.05) is 42.5 Å². The first-order chi connectivity index (χ1) is 17.7. The quantitative estimate of drug-likeness (QED) is 0.289. The average molecular weight is 481 g/mol. The number of benzene rings is 2. The minimum atomic E-state index is -0.232. The summed E-state index contributed by atoms with van der Waals surface area (Å²) in [4.78, 5) is 21.3. The summed E-state index contributed by atoms with van der Waals surface area (Å²) in [5.41, 5.74) is 3.92. The van der Waals surface area contributed by atoms with Gasteiger partial charge < -0.3 is 20.1 Å². The summed E-state index contributed by atoms with van der Waals surface area (Å²) >= 11 is 0. The van der Waals surface area contributed by atoms with Crippen LogP contribution in [0.15, 0.2) is 79.1 Å². The Morgan fingerprint density at radius 1 is 0.944 bits per heavy atom. The maximum Gasteiger partial charge on any atom is 0.256 e. The summed E-state index contributed by atoms with van der Waals surface area (Å²) in [5, 5.41) is 14.7. The molecule has 9 heteroatoms. The topological polar surface area (TPSA) is 114 Å². The number of hydrogen-bond acceptors (Lipinski definition) is 7. The number of rotatable bonds is 8. The Bertz CT molecular complexity index is 1500. The minimum Gasteiger partial charge on any atom is -0.497 e. The highest BCUT2D eigenvalue weighted by Crippen LogP contribution is 2.32. The van der Waals surface area contributed by atoms with E-state index in [0.29, 0.717) is 23.7 Å². The SMILES string of the molecule is COc1ccc(CNc2nccc3[nH]nc(-c4ccc(C(=O)Nc5ccccn5)cc4)c23)c(OC)c1. The van der Waals surface area contributed by atoms with Crippen LogP contribution in [0, 0.1) is 0 Å². The number of ether oxygens (including phenoxy) is 2. The molecule has 0 aliphatic heterocycles. The second kappa shape index (κ2) is 10.1. The maximum atomic E-state index is 12.6. The first kappa shape index (κ1) is 22.9. The van der Waals surface area contributed by atoms with Gasteiger partial charge in [0.05, 0.1) is 25.1 Å². The van der Waals surface area contributed by atoms with Crippen molar-refractivity contribution in [2.24, 2.45) is 0 Å². The van der Waals surface area contributed by atoms with Crippen LogP contribution in [0.2, 0.25) is 0 Å². The largest absolute Gasteiger partial charge is 0.497 e. The Hall–Kier alpha value is -4.92. The van der Waals surface area contributed by atoms with E-state index in [2.05, 4.69) is 30.8 Å². The van der Waals surface area contributed by atoms with Gasteiger partial charge in [0.15, 0.2) is 0 Å². The Morgan fingerprint density at radius 2 is 1.81 bits per heavy atom. The summed E-state index contributed by atoms with van der Waals surface area (Å²) < 4.78 is 10.8. The highest BCUT2D eigenvalue weighted by molar-refractivity contribution is 6.05. The van der Waals surface area contributed by atoms with E-state index < -0.39 is 0 Å². The number of aromatic nitrogens is 4. The average Bonchev–Trinajstić information content (AvgIpc) is 3.37. The predicted molar refractivity (Wildman–Crippen MR) is 138 cm³/mol. The highest BCUT2D eigenvalue weighted by Gasteiger charge is 2.15. The lowest BCUT2D eigenvalue weighted by molar-refractivity contribution is 0.102. The maximum absolute atomic E-state index is 12.6. The van der Waals surface area contributed by atoms with E-state index in [4.69, 9.17) is 9.47 Å². The molecule has 3 heterocycles. The summed E-state index contributed by atoms with van der Waals surface area (Å²) in [5.74, 6) is 2.40. The van der Waals surface area contributed by atoms with Crippen LogP contribution in [0.1, 0.15) is 15.9 Å². The summed E-state index contributed by atoms with van der Waals surface area (Å²) in [6.07, 6.45) is 3.36. The molecule has 3 aromatic heterocycles. The number of anilines is 2. The third-order valence-electron chi connectivity index (χ3n) is 5.74. The normalized spacial score (nSPS) is 10.7. The molecule has 180 valence electrons. The second-order valence-electron chi connectivity index (χ2n) is 7.93. The molecule has 0 unspecified atom stereocenters. The molecule has 0 bridgehead atoms. The van der Waals surface area contributed by atoms with Crippen molar-refractivity contribution in [3.63, 3.8) is 0 Å². The van der Waals surface area contributed by atoms with Crippen LogP contribution in [0.4, 0.5) is 11.6 Å². The number of aromatic amines is 1. The number of amides is 1. The van der Waals surface area contributed by atoms with Crippen LogP contribution in [-0.4, -0.2) is 40.3 Å². The van der Waals surface area contributed by atoms with Crippen LogP contribution in [0.25, 0.3) is 22.2 Å². The Balaban J connectivity index is 1.39. The third kappa shape index (κ3) is 4.67. The van der Waals surface area contributed by atoms with Crippen molar-refractivity contribution in [3.8, 4) is 22.8 Å². The van der Waals surface area contributed by atoms with Gasteiger partial charge in [-0.2, -0.15) is 5.10 Å². The molecule has 9 nitrogen and oxygen atoms in total. The van der Waals surface area contributed by atoms with E-state index in [1.165, 1.54) is 0 Å². The minimum absolute atomic E-state index is 0.232. The van der Waals surface area contributed by atoms with Gasteiger partial charge >= 0.3 is 0 Å². The summed E-state index contributed by atoms with van der Waals surface area (Å²) in [6, 6.07) is 20.2. The van der Waals surface area contributed by atoms with E-state index in [-0.39, 0.29) is 5.91 Å². The van der Waals surface area contributed by atoms with Gasteiger partial charge in [-0.25, -0.2) is 9.97 Å². The number of H-pyrrole nitrogens is 1. The molecule has 2 aromatic carbocycles. The van der Waals surface area contributed by atoms with Crippen molar-refractivity contribution in [1.29, 1.82) is 0 Å². The van der Waals surface area contributed by atoms with Gasteiger partial charge in [-0.05, 0) is 42.5 Å². The van der Waals surface area contributed by atoms with E-state index in [1.54, 1.807) is 50.9 Å². The van der Waals surface area contributed by atoms with Crippen LogP contribution in [0.5, 0.6) is 11.5 Å². The summed E-state index contributed by atoms with van der Waals surface area (Å²) in [7, 11) is 3.25. The molecule has 0 aliphatic carbocycles. The number of nitrogens with zero attached hydrogens (tertiary/aromatic N) is 3. The van der Waals surface area contributed by atoms with Crippen molar-refractivity contribution < 1.29 is 14.3 Å². The molecule has 36 heavy (non-hydrogen) atoms. The Morgan fingerprint density at radius 3 is 2.56 bits per heavy atom. The monoisotopic (exact) mass is 480 g/mol. The smallest absolute Gasteiger partial charge is 0.256 e. The third-order valence-corrected chi connectivity index (χ3v) is 5.74. The molecule has 5 rings (SSSR count). The number of pyridine rings is 2. The predicted octanol–water partition coefficient (Wildman–Crippen LogP) is 4.90. The first-order valence-corrected chi connectivity index (χ1v) is 11.3. The molecular formula is C27H24N6O3. The number of methoxy groups -OCH3 is 2. The zero-order valence-electron chi connectivity index (χ0n) is 19.8. The molecule has 0 saturated carbocycles. The fourth-order valence-corrected chi connectivity index (χ4v) is 3.89. The van der Waals surface area contributed by atoms with Crippen molar-refractivity contribution in [1.82, 2.24) is 20.2 Å². The standard InChI is InChI=1S/C27H24N6O3/c1-35-20-11-10-19(22(15-20)36-2)16-30-26-24-21(12-14-29-26)32-33-25(24)17-6-8-18(9-7-17)27(34)31-23-5-3-4-13-28-23/h3-15H,16H2,1-2H3,(H,29,30)(H,32,33)(H,28,31,34). The van der Waals surface area contributed by atoms with Crippen LogP contribution in [0.3, 0.4) is 0 Å². The molecule has 0 saturated heterocycles. The van der Waals surface area contributed by atoms with E-state index in [9.17, 15) is 4.79 Å². The van der Waals surface area contributed by atoms with Crippen LogP contribution < -0.4 is 20.1 Å². The Labute approximate surface area is 207 Å². The number of fused-ring (bicyclic) bond motifs is 1. The molecule has 5 aromatic rings. The van der Waals surface area contributed by atoms with Gasteiger partial charge in [-0.3, -0.25) is 9.89 Å². The lowest BCUT2D eigenvalue weighted by Gasteiger charge is -2.12.